The summed E-state index contributed by atoms with van der Waals surface area (Å²) in [5.41, 5.74) is 1.29. The smallest absolute Gasteiger partial charge is 0.115 e. The van der Waals surface area contributed by atoms with E-state index in [0.29, 0.717) is 5.75 Å². The largest absolute Gasteiger partial charge is 0.508 e. The van der Waals surface area contributed by atoms with Gasteiger partial charge >= 0.3 is 0 Å². The summed E-state index contributed by atoms with van der Waals surface area (Å²) in [6.45, 7) is 2.27. The van der Waals surface area contributed by atoms with Gasteiger partial charge in [-0.15, -0.1) is 0 Å². The second kappa shape index (κ2) is 11.6. The topological polar surface area (TPSA) is 20.2 Å². The van der Waals surface area contributed by atoms with Gasteiger partial charge in [0.2, 0.25) is 0 Å². The van der Waals surface area contributed by atoms with E-state index in [1.165, 1.54) is 56.9 Å². The Morgan fingerprint density at radius 3 is 2.10 bits per heavy atom. The van der Waals surface area contributed by atoms with Crippen LogP contribution in [-0.4, -0.2) is 5.11 Å². The number of benzene rings is 1. The third-order valence-electron chi connectivity index (χ3n) is 3.68. The Labute approximate surface area is 124 Å². The molecular weight excluding hydrogens is 244 g/mol. The van der Waals surface area contributed by atoms with Crippen molar-refractivity contribution >= 4 is 0 Å². The SMILES string of the molecule is CCCCCCCCCC=CCCc1ccc(O)cc1. The molecule has 1 N–H and O–H groups in total. The Bertz CT molecular complexity index is 351. The summed E-state index contributed by atoms with van der Waals surface area (Å²) in [5, 5.41) is 9.20. The number of aromatic hydroxyl groups is 1. The molecule has 0 aliphatic rings. The van der Waals surface area contributed by atoms with Crippen LogP contribution >= 0.6 is 0 Å². The quantitative estimate of drug-likeness (QED) is 0.386. The van der Waals surface area contributed by atoms with Gasteiger partial charge in [0.15, 0.2) is 0 Å². The monoisotopic (exact) mass is 274 g/mol. The third kappa shape index (κ3) is 8.79. The van der Waals surface area contributed by atoms with E-state index in [1.54, 1.807) is 12.1 Å². The zero-order valence-corrected chi connectivity index (χ0v) is 13.0. The second-order valence-electron chi connectivity index (χ2n) is 5.59. The fourth-order valence-corrected chi connectivity index (χ4v) is 2.37. The molecule has 0 saturated heterocycles. The molecule has 1 nitrogen and oxygen atoms in total. The Kier molecular flexibility index (Phi) is 9.73. The highest BCUT2D eigenvalue weighted by molar-refractivity contribution is 5.26. The molecule has 0 aromatic heterocycles. The highest BCUT2D eigenvalue weighted by atomic mass is 16.3. The van der Waals surface area contributed by atoms with Crippen molar-refractivity contribution in [3.8, 4) is 5.75 Å². The van der Waals surface area contributed by atoms with Crippen molar-refractivity contribution in [1.82, 2.24) is 0 Å². The van der Waals surface area contributed by atoms with Crippen molar-refractivity contribution in [2.24, 2.45) is 0 Å². The predicted molar refractivity (Wildman–Crippen MR) is 88.2 cm³/mol. The lowest BCUT2D eigenvalue weighted by atomic mass is 10.1. The molecule has 1 aromatic rings. The lowest BCUT2D eigenvalue weighted by Gasteiger charge is -1.99. The maximum absolute atomic E-state index is 9.20. The summed E-state index contributed by atoms with van der Waals surface area (Å²) in [5.74, 6) is 0.350. The Morgan fingerprint density at radius 2 is 1.40 bits per heavy atom. The summed E-state index contributed by atoms with van der Waals surface area (Å²) in [4.78, 5) is 0. The summed E-state index contributed by atoms with van der Waals surface area (Å²) in [6, 6.07) is 7.52. The first-order valence-corrected chi connectivity index (χ1v) is 8.26. The summed E-state index contributed by atoms with van der Waals surface area (Å²) in [6.07, 6.45) is 17.7. The lowest BCUT2D eigenvalue weighted by molar-refractivity contribution is 0.475. The van der Waals surface area contributed by atoms with E-state index in [9.17, 15) is 5.11 Å². The van der Waals surface area contributed by atoms with Crippen LogP contribution in [0.5, 0.6) is 5.75 Å². The molecule has 0 spiro atoms. The molecule has 0 radical (unpaired) electrons. The van der Waals surface area contributed by atoms with E-state index in [2.05, 4.69) is 19.1 Å². The van der Waals surface area contributed by atoms with Gasteiger partial charge < -0.3 is 5.11 Å². The molecule has 112 valence electrons. The molecule has 0 saturated carbocycles. The van der Waals surface area contributed by atoms with Gasteiger partial charge in [0, 0.05) is 0 Å². The molecule has 0 atom stereocenters. The van der Waals surface area contributed by atoms with Gasteiger partial charge in [0.25, 0.3) is 0 Å². The van der Waals surface area contributed by atoms with Crippen LogP contribution in [0.2, 0.25) is 0 Å². The molecule has 0 heterocycles. The van der Waals surface area contributed by atoms with Crippen molar-refractivity contribution in [3.63, 3.8) is 0 Å². The molecule has 1 heteroatoms. The zero-order valence-electron chi connectivity index (χ0n) is 13.0. The number of aryl methyl sites for hydroxylation is 1. The minimum Gasteiger partial charge on any atom is -0.508 e. The Hall–Kier alpha value is -1.24. The van der Waals surface area contributed by atoms with Gasteiger partial charge in [0.05, 0.1) is 0 Å². The van der Waals surface area contributed by atoms with Gasteiger partial charge in [-0.25, -0.2) is 0 Å². The number of unbranched alkanes of at least 4 members (excludes halogenated alkanes) is 7. The maximum atomic E-state index is 9.20. The van der Waals surface area contributed by atoms with E-state index in [4.69, 9.17) is 0 Å². The average Bonchev–Trinajstić information content (AvgIpc) is 2.47. The van der Waals surface area contributed by atoms with Gasteiger partial charge in [-0.3, -0.25) is 0 Å². The van der Waals surface area contributed by atoms with E-state index in [0.717, 1.165) is 12.8 Å². The Balaban J connectivity index is 1.93. The number of phenolic OH excluding ortho intramolecular Hbond substituents is 1. The first-order chi connectivity index (χ1) is 9.83. The molecule has 1 aromatic carbocycles. The summed E-state index contributed by atoms with van der Waals surface area (Å²) >= 11 is 0. The molecule has 0 fully saturated rings. The van der Waals surface area contributed by atoms with Gasteiger partial charge in [0.1, 0.15) is 5.75 Å². The number of phenols is 1. The second-order valence-corrected chi connectivity index (χ2v) is 5.59. The van der Waals surface area contributed by atoms with E-state index < -0.39 is 0 Å². The van der Waals surface area contributed by atoms with Crippen molar-refractivity contribution in [3.05, 3.63) is 42.0 Å². The highest BCUT2D eigenvalue weighted by Crippen LogP contribution is 2.12. The van der Waals surface area contributed by atoms with Crippen LogP contribution in [0.25, 0.3) is 0 Å². The van der Waals surface area contributed by atoms with E-state index in [1.807, 2.05) is 12.1 Å². The first kappa shape index (κ1) is 16.8. The van der Waals surface area contributed by atoms with Crippen LogP contribution < -0.4 is 0 Å². The van der Waals surface area contributed by atoms with Crippen molar-refractivity contribution < 1.29 is 5.11 Å². The predicted octanol–water partition coefficient (Wildman–Crippen LogP) is 6.02. The molecule has 0 aliphatic carbocycles. The standard InChI is InChI=1S/C19H30O/c1-2-3-4-5-6-7-8-9-10-11-12-13-18-14-16-19(20)17-15-18/h10-11,14-17,20H,2-9,12-13H2,1H3. The van der Waals surface area contributed by atoms with Gasteiger partial charge in [-0.2, -0.15) is 0 Å². The fourth-order valence-electron chi connectivity index (χ4n) is 2.37. The van der Waals surface area contributed by atoms with E-state index >= 15 is 0 Å². The minimum absolute atomic E-state index is 0.350. The lowest BCUT2D eigenvalue weighted by Crippen LogP contribution is -1.82. The molecule has 0 unspecified atom stereocenters. The maximum Gasteiger partial charge on any atom is 0.115 e. The molecule has 0 aliphatic heterocycles. The van der Waals surface area contributed by atoms with Crippen molar-refractivity contribution in [2.75, 3.05) is 0 Å². The first-order valence-electron chi connectivity index (χ1n) is 8.26. The number of allylic oxidation sites excluding steroid dienone is 2. The van der Waals surface area contributed by atoms with Gasteiger partial charge in [-0.05, 0) is 43.4 Å². The van der Waals surface area contributed by atoms with Crippen molar-refractivity contribution in [2.45, 2.75) is 71.1 Å². The Morgan fingerprint density at radius 1 is 0.800 bits per heavy atom. The van der Waals surface area contributed by atoms with Crippen LogP contribution in [0, 0.1) is 0 Å². The van der Waals surface area contributed by atoms with Crippen LogP contribution in [0.3, 0.4) is 0 Å². The molecule has 0 amide bonds. The van der Waals surface area contributed by atoms with Gasteiger partial charge in [-0.1, -0.05) is 69.7 Å². The third-order valence-corrected chi connectivity index (χ3v) is 3.68. The number of hydrogen-bond acceptors (Lipinski definition) is 1. The minimum atomic E-state index is 0.350. The van der Waals surface area contributed by atoms with Crippen LogP contribution in [0.15, 0.2) is 36.4 Å². The molecule has 1 rings (SSSR count). The van der Waals surface area contributed by atoms with Crippen molar-refractivity contribution in [1.29, 1.82) is 0 Å². The summed E-state index contributed by atoms with van der Waals surface area (Å²) in [7, 11) is 0. The normalized spacial score (nSPS) is 11.2. The molecule has 0 bridgehead atoms. The van der Waals surface area contributed by atoms with Crippen LogP contribution in [-0.2, 0) is 6.42 Å². The fraction of sp³-hybridized carbons (Fsp3) is 0.579. The molecular formula is C19H30O. The van der Waals surface area contributed by atoms with Crippen LogP contribution in [0.4, 0.5) is 0 Å². The summed E-state index contributed by atoms with van der Waals surface area (Å²) < 4.78 is 0. The average molecular weight is 274 g/mol. The highest BCUT2D eigenvalue weighted by Gasteiger charge is 1.92. The van der Waals surface area contributed by atoms with Crippen LogP contribution in [0.1, 0.15) is 70.3 Å². The number of hydrogen-bond donors (Lipinski definition) is 1. The zero-order chi connectivity index (χ0) is 14.5. The van der Waals surface area contributed by atoms with E-state index in [-0.39, 0.29) is 0 Å². The molecule has 20 heavy (non-hydrogen) atoms. The number of rotatable bonds is 11.